The molecule has 0 unspecified atom stereocenters. The molecule has 25 heavy (non-hydrogen) atoms. The first kappa shape index (κ1) is 17.9. The SMILES string of the molecule is C[C@@H]1CN(C(=O)CSc2nnc(-c3ccc(F)cc3)n2C)C[C@H](C)O1. The zero-order chi connectivity index (χ0) is 18.0. The van der Waals surface area contributed by atoms with Crippen molar-refractivity contribution in [3.05, 3.63) is 30.1 Å². The van der Waals surface area contributed by atoms with Crippen molar-refractivity contribution in [1.29, 1.82) is 0 Å². The third-order valence-corrected chi connectivity index (χ3v) is 5.04. The predicted molar refractivity (Wildman–Crippen MR) is 93.7 cm³/mol. The fourth-order valence-electron chi connectivity index (χ4n) is 2.89. The summed E-state index contributed by atoms with van der Waals surface area (Å²) in [6.45, 7) is 5.17. The van der Waals surface area contributed by atoms with Crippen molar-refractivity contribution in [2.75, 3.05) is 18.8 Å². The van der Waals surface area contributed by atoms with E-state index in [0.29, 0.717) is 29.8 Å². The number of amides is 1. The first-order valence-electron chi connectivity index (χ1n) is 8.15. The highest BCUT2D eigenvalue weighted by Gasteiger charge is 2.26. The quantitative estimate of drug-likeness (QED) is 0.780. The van der Waals surface area contributed by atoms with Gasteiger partial charge < -0.3 is 14.2 Å². The Bertz CT molecular complexity index is 740. The van der Waals surface area contributed by atoms with E-state index in [2.05, 4.69) is 10.2 Å². The van der Waals surface area contributed by atoms with E-state index in [1.54, 1.807) is 12.1 Å². The van der Waals surface area contributed by atoms with Crippen LogP contribution in [0.5, 0.6) is 0 Å². The fourth-order valence-corrected chi connectivity index (χ4v) is 3.70. The highest BCUT2D eigenvalue weighted by molar-refractivity contribution is 7.99. The summed E-state index contributed by atoms with van der Waals surface area (Å²) in [5.74, 6) is 0.719. The minimum absolute atomic E-state index is 0.0533. The third-order valence-electron chi connectivity index (χ3n) is 4.03. The van der Waals surface area contributed by atoms with E-state index in [9.17, 15) is 9.18 Å². The third kappa shape index (κ3) is 4.19. The van der Waals surface area contributed by atoms with Gasteiger partial charge in [0, 0.05) is 25.7 Å². The van der Waals surface area contributed by atoms with E-state index in [1.807, 2.05) is 30.4 Å². The van der Waals surface area contributed by atoms with Crippen LogP contribution in [0.1, 0.15) is 13.8 Å². The summed E-state index contributed by atoms with van der Waals surface area (Å²) in [5, 5.41) is 8.96. The molecule has 1 amide bonds. The molecule has 3 rings (SSSR count). The monoisotopic (exact) mass is 364 g/mol. The zero-order valence-electron chi connectivity index (χ0n) is 14.5. The summed E-state index contributed by atoms with van der Waals surface area (Å²) >= 11 is 1.35. The van der Waals surface area contributed by atoms with Crippen molar-refractivity contribution in [3.63, 3.8) is 0 Å². The van der Waals surface area contributed by atoms with Crippen molar-refractivity contribution in [2.24, 2.45) is 7.05 Å². The molecule has 1 saturated heterocycles. The molecule has 1 aliphatic heterocycles. The molecule has 1 aromatic carbocycles. The largest absolute Gasteiger partial charge is 0.372 e. The highest BCUT2D eigenvalue weighted by atomic mass is 32.2. The van der Waals surface area contributed by atoms with Crippen LogP contribution in [0.2, 0.25) is 0 Å². The van der Waals surface area contributed by atoms with Gasteiger partial charge in [0.1, 0.15) is 5.82 Å². The average molecular weight is 364 g/mol. The molecule has 0 radical (unpaired) electrons. The van der Waals surface area contributed by atoms with Gasteiger partial charge in [-0.1, -0.05) is 11.8 Å². The van der Waals surface area contributed by atoms with Gasteiger partial charge in [-0.15, -0.1) is 10.2 Å². The van der Waals surface area contributed by atoms with E-state index in [-0.39, 0.29) is 23.9 Å². The molecule has 2 heterocycles. The van der Waals surface area contributed by atoms with E-state index in [1.165, 1.54) is 23.9 Å². The van der Waals surface area contributed by atoms with E-state index < -0.39 is 0 Å². The van der Waals surface area contributed by atoms with Crippen LogP contribution in [0.15, 0.2) is 29.4 Å². The Balaban J connectivity index is 1.64. The van der Waals surface area contributed by atoms with Crippen LogP contribution in [0.4, 0.5) is 4.39 Å². The van der Waals surface area contributed by atoms with E-state index in [4.69, 9.17) is 4.74 Å². The van der Waals surface area contributed by atoms with Crippen LogP contribution < -0.4 is 0 Å². The Morgan fingerprint density at radius 1 is 1.24 bits per heavy atom. The number of ether oxygens (including phenoxy) is 1. The second-order valence-electron chi connectivity index (χ2n) is 6.22. The summed E-state index contributed by atoms with van der Waals surface area (Å²) < 4.78 is 20.5. The highest BCUT2D eigenvalue weighted by Crippen LogP contribution is 2.23. The Labute approximate surface area is 150 Å². The standard InChI is InChI=1S/C17H21FN4O2S/c1-11-8-22(9-12(2)24-11)15(23)10-25-17-20-19-16(21(17)3)13-4-6-14(18)7-5-13/h4-7,11-12H,8-10H2,1-3H3/t11-,12+. The topological polar surface area (TPSA) is 60.2 Å². The first-order chi connectivity index (χ1) is 11.9. The van der Waals surface area contributed by atoms with Gasteiger partial charge in [-0.05, 0) is 38.1 Å². The minimum Gasteiger partial charge on any atom is -0.372 e. The second-order valence-corrected chi connectivity index (χ2v) is 7.16. The lowest BCUT2D eigenvalue weighted by atomic mass is 10.2. The number of thioether (sulfide) groups is 1. The molecule has 134 valence electrons. The van der Waals surface area contributed by atoms with Crippen molar-refractivity contribution < 1.29 is 13.9 Å². The maximum absolute atomic E-state index is 13.1. The molecular formula is C17H21FN4O2S. The minimum atomic E-state index is -0.292. The van der Waals surface area contributed by atoms with Crippen LogP contribution in [-0.4, -0.2) is 56.6 Å². The molecule has 0 bridgehead atoms. The number of carbonyl (C=O) groups is 1. The lowest BCUT2D eigenvalue weighted by Gasteiger charge is -2.35. The molecule has 0 N–H and O–H groups in total. The molecule has 6 nitrogen and oxygen atoms in total. The number of hydrogen-bond acceptors (Lipinski definition) is 5. The van der Waals surface area contributed by atoms with Crippen LogP contribution in [0.25, 0.3) is 11.4 Å². The fraction of sp³-hybridized carbons (Fsp3) is 0.471. The molecule has 1 aliphatic rings. The van der Waals surface area contributed by atoms with Crippen LogP contribution in [0.3, 0.4) is 0 Å². The van der Waals surface area contributed by atoms with Crippen LogP contribution >= 0.6 is 11.8 Å². The average Bonchev–Trinajstić information content (AvgIpc) is 2.93. The molecule has 2 aromatic rings. The second kappa shape index (κ2) is 7.53. The number of morpholine rings is 1. The van der Waals surface area contributed by atoms with Gasteiger partial charge in [0.25, 0.3) is 0 Å². The predicted octanol–water partition coefficient (Wildman–Crippen LogP) is 2.35. The van der Waals surface area contributed by atoms with Crippen molar-refractivity contribution in [2.45, 2.75) is 31.2 Å². The molecule has 0 saturated carbocycles. The maximum atomic E-state index is 13.1. The number of rotatable bonds is 4. The smallest absolute Gasteiger partial charge is 0.233 e. The van der Waals surface area contributed by atoms with Crippen molar-refractivity contribution in [3.8, 4) is 11.4 Å². The van der Waals surface area contributed by atoms with Gasteiger partial charge >= 0.3 is 0 Å². The maximum Gasteiger partial charge on any atom is 0.233 e. The van der Waals surface area contributed by atoms with Crippen molar-refractivity contribution in [1.82, 2.24) is 19.7 Å². The molecule has 8 heteroatoms. The van der Waals surface area contributed by atoms with E-state index >= 15 is 0 Å². The van der Waals surface area contributed by atoms with Gasteiger partial charge in [-0.2, -0.15) is 0 Å². The number of hydrogen-bond donors (Lipinski definition) is 0. The number of nitrogens with zero attached hydrogens (tertiary/aromatic N) is 4. The summed E-state index contributed by atoms with van der Waals surface area (Å²) in [4.78, 5) is 14.3. The summed E-state index contributed by atoms with van der Waals surface area (Å²) in [7, 11) is 1.84. The number of halogens is 1. The Morgan fingerprint density at radius 2 is 1.88 bits per heavy atom. The molecule has 1 aromatic heterocycles. The number of aromatic nitrogens is 3. The summed E-state index contributed by atoms with van der Waals surface area (Å²) in [6.07, 6.45) is 0.107. The first-order valence-corrected chi connectivity index (χ1v) is 9.14. The van der Waals surface area contributed by atoms with Gasteiger partial charge in [0.2, 0.25) is 5.91 Å². The molecular weight excluding hydrogens is 343 g/mol. The Kier molecular flexibility index (Phi) is 5.39. The summed E-state index contributed by atoms with van der Waals surface area (Å²) in [6, 6.07) is 6.10. The van der Waals surface area contributed by atoms with E-state index in [0.717, 1.165) is 5.56 Å². The van der Waals surface area contributed by atoms with Gasteiger partial charge in [-0.25, -0.2) is 4.39 Å². The van der Waals surface area contributed by atoms with Gasteiger partial charge in [0.05, 0.1) is 18.0 Å². The van der Waals surface area contributed by atoms with Gasteiger partial charge in [0.15, 0.2) is 11.0 Å². The molecule has 0 aliphatic carbocycles. The Morgan fingerprint density at radius 3 is 2.52 bits per heavy atom. The van der Waals surface area contributed by atoms with Crippen LogP contribution in [0, 0.1) is 5.82 Å². The number of carbonyl (C=O) groups excluding carboxylic acids is 1. The lowest BCUT2D eigenvalue weighted by molar-refractivity contribution is -0.140. The van der Waals surface area contributed by atoms with Gasteiger partial charge in [-0.3, -0.25) is 4.79 Å². The summed E-state index contributed by atoms with van der Waals surface area (Å²) in [5.41, 5.74) is 0.783. The zero-order valence-corrected chi connectivity index (χ0v) is 15.3. The van der Waals surface area contributed by atoms with Crippen LogP contribution in [-0.2, 0) is 16.6 Å². The Hall–Kier alpha value is -1.93. The lowest BCUT2D eigenvalue weighted by Crippen LogP contribution is -2.48. The molecule has 1 fully saturated rings. The van der Waals surface area contributed by atoms with Crippen molar-refractivity contribution >= 4 is 17.7 Å². The molecule has 2 atom stereocenters. The normalized spacial score (nSPS) is 20.7. The molecule has 0 spiro atoms. The number of benzene rings is 1.